The smallest absolute Gasteiger partial charge is 0.276 e. The number of anilines is 1. The zero-order valence-electron chi connectivity index (χ0n) is 14.4. The molecule has 0 aliphatic heterocycles. The van der Waals surface area contributed by atoms with Crippen LogP contribution >= 0.6 is 0 Å². The molecule has 5 nitrogen and oxygen atoms in total. The van der Waals surface area contributed by atoms with Gasteiger partial charge in [-0.3, -0.25) is 14.9 Å². The number of pyridine rings is 1. The number of hydrogen-bond acceptors (Lipinski definition) is 3. The van der Waals surface area contributed by atoms with Crippen molar-refractivity contribution in [2.45, 2.75) is 38.0 Å². The number of fused-ring (bicyclic) bond motifs is 1. The Balaban J connectivity index is 1.61. The first kappa shape index (κ1) is 15.8. The molecule has 25 heavy (non-hydrogen) atoms. The Kier molecular flexibility index (Phi) is 4.22. The Morgan fingerprint density at radius 3 is 2.76 bits per heavy atom. The van der Waals surface area contributed by atoms with Crippen LogP contribution in [0.4, 0.5) is 5.69 Å². The maximum Gasteiger partial charge on any atom is 0.276 e. The molecule has 4 rings (SSSR count). The molecule has 0 radical (unpaired) electrons. The van der Waals surface area contributed by atoms with Crippen molar-refractivity contribution in [2.75, 3.05) is 11.9 Å². The number of H-pyrrole nitrogens is 1. The average molecular weight is 334 g/mol. The highest BCUT2D eigenvalue weighted by atomic mass is 16.2. The van der Waals surface area contributed by atoms with Crippen molar-refractivity contribution in [3.05, 3.63) is 54.0 Å². The van der Waals surface area contributed by atoms with Gasteiger partial charge in [0.1, 0.15) is 5.69 Å². The molecule has 0 saturated heterocycles. The third-order valence-corrected chi connectivity index (χ3v) is 5.19. The van der Waals surface area contributed by atoms with Gasteiger partial charge >= 0.3 is 0 Å². The largest absolute Gasteiger partial charge is 0.310 e. The molecule has 2 heterocycles. The molecule has 128 valence electrons. The molecule has 0 bridgehead atoms. The van der Waals surface area contributed by atoms with Gasteiger partial charge in [-0.25, -0.2) is 0 Å². The maximum atomic E-state index is 12.4. The van der Waals surface area contributed by atoms with E-state index in [2.05, 4.69) is 27.3 Å². The minimum atomic E-state index is -0.115. The summed E-state index contributed by atoms with van der Waals surface area (Å²) in [5.41, 5.74) is 3.57. The van der Waals surface area contributed by atoms with Gasteiger partial charge in [-0.05, 0) is 48.6 Å². The van der Waals surface area contributed by atoms with Crippen LogP contribution in [0.3, 0.4) is 0 Å². The molecule has 1 saturated carbocycles. The molecule has 0 atom stereocenters. The van der Waals surface area contributed by atoms with Gasteiger partial charge in [0.25, 0.3) is 5.91 Å². The molecule has 1 amide bonds. The van der Waals surface area contributed by atoms with E-state index < -0.39 is 0 Å². The van der Waals surface area contributed by atoms with Crippen molar-refractivity contribution >= 4 is 22.5 Å². The van der Waals surface area contributed by atoms with Crippen molar-refractivity contribution in [2.24, 2.45) is 0 Å². The van der Waals surface area contributed by atoms with Crippen molar-refractivity contribution in [1.29, 1.82) is 0 Å². The lowest BCUT2D eigenvalue weighted by molar-refractivity contribution is 0.0988. The first-order chi connectivity index (χ1) is 12.2. The van der Waals surface area contributed by atoms with Crippen LogP contribution in [0.1, 0.15) is 54.1 Å². The van der Waals surface area contributed by atoms with Crippen LogP contribution in [-0.2, 0) is 0 Å². The van der Waals surface area contributed by atoms with E-state index in [1.807, 2.05) is 18.3 Å². The number of carbonyl (C=O) groups is 1. The summed E-state index contributed by atoms with van der Waals surface area (Å²) in [4.78, 5) is 18.7. The van der Waals surface area contributed by atoms with Crippen LogP contribution in [0.15, 0.2) is 42.7 Å². The van der Waals surface area contributed by atoms with E-state index in [4.69, 9.17) is 0 Å². The normalized spacial score (nSPS) is 15.4. The molecule has 3 aromatic rings. The van der Waals surface area contributed by atoms with E-state index in [0.29, 0.717) is 11.6 Å². The summed E-state index contributed by atoms with van der Waals surface area (Å²) in [5, 5.41) is 7.68. The molecule has 0 unspecified atom stereocenters. The van der Waals surface area contributed by atoms with Crippen LogP contribution in [-0.4, -0.2) is 28.1 Å². The molecular formula is C20H22N4O. The van der Waals surface area contributed by atoms with Crippen LogP contribution < -0.4 is 4.90 Å². The SMILES string of the molecule is CN(C(=O)c1ccn[nH]1)c1ccc2cc(C3CCCCC3)cnc2c1. The summed E-state index contributed by atoms with van der Waals surface area (Å²) in [6, 6.07) is 9.94. The van der Waals surface area contributed by atoms with Crippen LogP contribution in [0.2, 0.25) is 0 Å². The lowest BCUT2D eigenvalue weighted by atomic mass is 9.84. The second-order valence-corrected chi connectivity index (χ2v) is 6.82. The van der Waals surface area contributed by atoms with Crippen molar-refractivity contribution in [1.82, 2.24) is 15.2 Å². The molecule has 1 aromatic carbocycles. The van der Waals surface area contributed by atoms with Crippen LogP contribution in [0.5, 0.6) is 0 Å². The molecule has 5 heteroatoms. The Hall–Kier alpha value is -2.69. The van der Waals surface area contributed by atoms with Crippen molar-refractivity contribution in [3.8, 4) is 0 Å². The average Bonchev–Trinajstić information content (AvgIpc) is 3.21. The third-order valence-electron chi connectivity index (χ3n) is 5.19. The monoisotopic (exact) mass is 334 g/mol. The molecular weight excluding hydrogens is 312 g/mol. The van der Waals surface area contributed by atoms with Gasteiger partial charge in [0.2, 0.25) is 0 Å². The molecule has 1 N–H and O–H groups in total. The fraction of sp³-hybridized carbons (Fsp3) is 0.350. The molecule has 1 fully saturated rings. The summed E-state index contributed by atoms with van der Waals surface area (Å²) in [6.45, 7) is 0. The number of benzene rings is 1. The Morgan fingerprint density at radius 2 is 2.00 bits per heavy atom. The minimum Gasteiger partial charge on any atom is -0.310 e. The van der Waals surface area contributed by atoms with E-state index in [0.717, 1.165) is 16.6 Å². The van der Waals surface area contributed by atoms with Crippen molar-refractivity contribution < 1.29 is 4.79 Å². The van der Waals surface area contributed by atoms with E-state index in [1.54, 1.807) is 24.2 Å². The zero-order chi connectivity index (χ0) is 17.2. The lowest BCUT2D eigenvalue weighted by Gasteiger charge is -2.22. The Labute approximate surface area is 147 Å². The molecule has 2 aromatic heterocycles. The van der Waals surface area contributed by atoms with Crippen LogP contribution in [0.25, 0.3) is 10.9 Å². The van der Waals surface area contributed by atoms with E-state index in [9.17, 15) is 4.79 Å². The first-order valence-electron chi connectivity index (χ1n) is 8.89. The molecule has 1 aliphatic carbocycles. The highest BCUT2D eigenvalue weighted by Crippen LogP contribution is 2.33. The third kappa shape index (κ3) is 3.14. The highest BCUT2D eigenvalue weighted by Gasteiger charge is 2.17. The highest BCUT2D eigenvalue weighted by molar-refractivity contribution is 6.05. The van der Waals surface area contributed by atoms with Gasteiger partial charge in [0.05, 0.1) is 5.52 Å². The number of hydrogen-bond donors (Lipinski definition) is 1. The quantitative estimate of drug-likeness (QED) is 0.777. The minimum absolute atomic E-state index is 0.115. The number of rotatable bonds is 3. The second kappa shape index (κ2) is 6.67. The topological polar surface area (TPSA) is 61.9 Å². The second-order valence-electron chi connectivity index (χ2n) is 6.82. The van der Waals surface area contributed by atoms with Gasteiger partial charge in [0, 0.05) is 30.5 Å². The first-order valence-corrected chi connectivity index (χ1v) is 8.89. The number of carbonyl (C=O) groups excluding carboxylic acids is 1. The fourth-order valence-corrected chi connectivity index (χ4v) is 3.67. The summed E-state index contributed by atoms with van der Waals surface area (Å²) < 4.78 is 0. The van der Waals surface area contributed by atoms with Gasteiger partial charge in [0.15, 0.2) is 0 Å². The van der Waals surface area contributed by atoms with Gasteiger partial charge in [-0.2, -0.15) is 5.10 Å². The maximum absolute atomic E-state index is 12.4. The zero-order valence-corrected chi connectivity index (χ0v) is 14.4. The number of nitrogens with zero attached hydrogens (tertiary/aromatic N) is 3. The number of aromatic amines is 1. The summed E-state index contributed by atoms with van der Waals surface area (Å²) in [7, 11) is 1.76. The predicted molar refractivity (Wildman–Crippen MR) is 98.9 cm³/mol. The van der Waals surface area contributed by atoms with Gasteiger partial charge < -0.3 is 4.90 Å². The van der Waals surface area contributed by atoms with E-state index in [1.165, 1.54) is 37.7 Å². The predicted octanol–water partition coefficient (Wildman–Crippen LogP) is 4.28. The van der Waals surface area contributed by atoms with Crippen LogP contribution in [0, 0.1) is 0 Å². The Morgan fingerprint density at radius 1 is 1.16 bits per heavy atom. The lowest BCUT2D eigenvalue weighted by Crippen LogP contribution is -2.26. The van der Waals surface area contributed by atoms with E-state index >= 15 is 0 Å². The Bertz CT molecular complexity index is 882. The van der Waals surface area contributed by atoms with Crippen molar-refractivity contribution in [3.63, 3.8) is 0 Å². The standard InChI is InChI=1S/C20H22N4O/c1-24(20(25)18-9-10-22-23-18)17-8-7-15-11-16(13-21-19(15)12-17)14-5-3-2-4-6-14/h7-14H,2-6H2,1H3,(H,22,23). The summed E-state index contributed by atoms with van der Waals surface area (Å²) in [5.74, 6) is 0.533. The number of nitrogens with one attached hydrogen (secondary N) is 1. The van der Waals surface area contributed by atoms with Gasteiger partial charge in [-0.15, -0.1) is 0 Å². The van der Waals surface area contributed by atoms with E-state index in [-0.39, 0.29) is 5.91 Å². The fourth-order valence-electron chi connectivity index (χ4n) is 3.67. The van der Waals surface area contributed by atoms with Gasteiger partial charge in [-0.1, -0.05) is 25.3 Å². The number of aromatic nitrogens is 3. The molecule has 1 aliphatic rings. The molecule has 0 spiro atoms. The summed E-state index contributed by atoms with van der Waals surface area (Å²) in [6.07, 6.45) is 10.1. The number of amides is 1. The summed E-state index contributed by atoms with van der Waals surface area (Å²) >= 11 is 0.